The zero-order valence-electron chi connectivity index (χ0n) is 7.40. The highest BCUT2D eigenvalue weighted by Crippen LogP contribution is 2.26. The van der Waals surface area contributed by atoms with Crippen LogP contribution in [-0.2, 0) is 7.05 Å². The molecular weight excluding hydrogens is 180 g/mol. The van der Waals surface area contributed by atoms with E-state index in [9.17, 15) is 0 Å². The molecule has 2 heterocycles. The Morgan fingerprint density at radius 1 is 1.62 bits per heavy atom. The first kappa shape index (κ1) is 8.26. The van der Waals surface area contributed by atoms with Crippen LogP contribution in [0.3, 0.4) is 0 Å². The standard InChI is InChI=1S/C10H10N2S/c1-3-8-7-12(2)11-10(8)9-5-4-6-13-9/h3-7H,1H2,2H3. The predicted octanol–water partition coefficient (Wildman–Crippen LogP) is 2.79. The van der Waals surface area contributed by atoms with Crippen LogP contribution in [0.2, 0.25) is 0 Å². The Balaban J connectivity index is 2.56. The number of hydrogen-bond donors (Lipinski definition) is 0. The van der Waals surface area contributed by atoms with E-state index in [0.29, 0.717) is 0 Å². The van der Waals surface area contributed by atoms with Gasteiger partial charge < -0.3 is 0 Å². The third-order valence-corrected chi connectivity index (χ3v) is 2.71. The summed E-state index contributed by atoms with van der Waals surface area (Å²) in [4.78, 5) is 1.19. The van der Waals surface area contributed by atoms with Gasteiger partial charge in [-0.05, 0) is 11.4 Å². The van der Waals surface area contributed by atoms with Crippen LogP contribution in [-0.4, -0.2) is 9.78 Å². The molecule has 0 atom stereocenters. The number of thiophene rings is 1. The van der Waals surface area contributed by atoms with Crippen molar-refractivity contribution in [2.75, 3.05) is 0 Å². The second-order valence-corrected chi connectivity index (χ2v) is 3.74. The lowest BCUT2D eigenvalue weighted by Crippen LogP contribution is -1.86. The highest BCUT2D eigenvalue weighted by atomic mass is 32.1. The molecule has 2 rings (SSSR count). The SMILES string of the molecule is C=Cc1cn(C)nc1-c1cccs1. The first-order valence-electron chi connectivity index (χ1n) is 4.01. The van der Waals surface area contributed by atoms with Crippen LogP contribution in [0.5, 0.6) is 0 Å². The van der Waals surface area contributed by atoms with Gasteiger partial charge in [-0.3, -0.25) is 4.68 Å². The van der Waals surface area contributed by atoms with Crippen LogP contribution in [0.1, 0.15) is 5.56 Å². The largest absolute Gasteiger partial charge is 0.275 e. The molecule has 3 heteroatoms. The van der Waals surface area contributed by atoms with Crippen molar-refractivity contribution >= 4 is 17.4 Å². The summed E-state index contributed by atoms with van der Waals surface area (Å²) in [5.74, 6) is 0. The Bertz CT molecular complexity index is 412. The lowest BCUT2D eigenvalue weighted by molar-refractivity contribution is 0.771. The summed E-state index contributed by atoms with van der Waals surface area (Å²) in [6.45, 7) is 3.77. The van der Waals surface area contributed by atoms with Gasteiger partial charge >= 0.3 is 0 Å². The van der Waals surface area contributed by atoms with Crippen molar-refractivity contribution in [1.82, 2.24) is 9.78 Å². The first-order valence-corrected chi connectivity index (χ1v) is 4.89. The maximum absolute atomic E-state index is 4.38. The lowest BCUT2D eigenvalue weighted by atomic mass is 10.2. The Morgan fingerprint density at radius 3 is 3.08 bits per heavy atom. The monoisotopic (exact) mass is 190 g/mol. The fourth-order valence-electron chi connectivity index (χ4n) is 1.26. The Morgan fingerprint density at radius 2 is 2.46 bits per heavy atom. The van der Waals surface area contributed by atoms with Gasteiger partial charge in [-0.1, -0.05) is 18.7 Å². The Hall–Kier alpha value is -1.35. The van der Waals surface area contributed by atoms with E-state index >= 15 is 0 Å². The third kappa shape index (κ3) is 1.42. The fraction of sp³-hybridized carbons (Fsp3) is 0.100. The average molecular weight is 190 g/mol. The minimum Gasteiger partial charge on any atom is -0.275 e. The molecule has 0 saturated heterocycles. The van der Waals surface area contributed by atoms with Crippen LogP contribution < -0.4 is 0 Å². The van der Waals surface area contributed by atoms with Crippen molar-refractivity contribution in [3.8, 4) is 10.6 Å². The zero-order valence-corrected chi connectivity index (χ0v) is 8.21. The topological polar surface area (TPSA) is 17.8 Å². The molecule has 66 valence electrons. The molecule has 0 aliphatic rings. The highest BCUT2D eigenvalue weighted by molar-refractivity contribution is 7.13. The molecule has 0 spiro atoms. The molecule has 2 aromatic rings. The minimum absolute atomic E-state index is 1.02. The molecule has 0 bridgehead atoms. The molecule has 2 nitrogen and oxygen atoms in total. The van der Waals surface area contributed by atoms with E-state index in [1.54, 1.807) is 11.3 Å². The van der Waals surface area contributed by atoms with Gasteiger partial charge in [0.05, 0.1) is 4.88 Å². The van der Waals surface area contributed by atoms with Crippen LogP contribution in [0, 0.1) is 0 Å². The molecule has 13 heavy (non-hydrogen) atoms. The normalized spacial score (nSPS) is 10.2. The molecule has 0 fully saturated rings. The number of nitrogens with zero attached hydrogens (tertiary/aromatic N) is 2. The molecule has 0 aromatic carbocycles. The van der Waals surface area contributed by atoms with Crippen molar-refractivity contribution < 1.29 is 0 Å². The van der Waals surface area contributed by atoms with E-state index in [1.165, 1.54) is 4.88 Å². The molecular formula is C10H10N2S. The van der Waals surface area contributed by atoms with Crippen molar-refractivity contribution in [2.45, 2.75) is 0 Å². The summed E-state index contributed by atoms with van der Waals surface area (Å²) in [6, 6.07) is 4.10. The van der Waals surface area contributed by atoms with Crippen molar-refractivity contribution in [2.24, 2.45) is 7.05 Å². The van der Waals surface area contributed by atoms with Gasteiger partial charge in [0, 0.05) is 18.8 Å². The number of aryl methyl sites for hydroxylation is 1. The average Bonchev–Trinajstić information content (AvgIpc) is 2.71. The summed E-state index contributed by atoms with van der Waals surface area (Å²) < 4.78 is 1.81. The zero-order chi connectivity index (χ0) is 9.26. The molecule has 0 aliphatic carbocycles. The third-order valence-electron chi connectivity index (χ3n) is 1.83. The predicted molar refractivity (Wildman–Crippen MR) is 56.6 cm³/mol. The van der Waals surface area contributed by atoms with Crippen molar-refractivity contribution in [1.29, 1.82) is 0 Å². The maximum Gasteiger partial charge on any atom is 0.109 e. The van der Waals surface area contributed by atoms with Gasteiger partial charge in [-0.25, -0.2) is 0 Å². The first-order chi connectivity index (χ1) is 6.31. The van der Waals surface area contributed by atoms with E-state index in [1.807, 2.05) is 30.1 Å². The van der Waals surface area contributed by atoms with E-state index in [-0.39, 0.29) is 0 Å². The number of aromatic nitrogens is 2. The van der Waals surface area contributed by atoms with Crippen molar-refractivity contribution in [3.63, 3.8) is 0 Å². The molecule has 0 N–H and O–H groups in total. The van der Waals surface area contributed by atoms with Crippen LogP contribution in [0.4, 0.5) is 0 Å². The van der Waals surface area contributed by atoms with E-state index < -0.39 is 0 Å². The van der Waals surface area contributed by atoms with Crippen molar-refractivity contribution in [3.05, 3.63) is 35.9 Å². The Kier molecular flexibility index (Phi) is 2.02. The fourth-order valence-corrected chi connectivity index (χ4v) is 1.99. The lowest BCUT2D eigenvalue weighted by Gasteiger charge is -1.91. The van der Waals surface area contributed by atoms with Crippen LogP contribution >= 0.6 is 11.3 Å². The van der Waals surface area contributed by atoms with Crippen LogP contribution in [0.25, 0.3) is 16.6 Å². The molecule has 0 saturated carbocycles. The quantitative estimate of drug-likeness (QED) is 0.712. The number of hydrogen-bond acceptors (Lipinski definition) is 2. The molecule has 0 amide bonds. The highest BCUT2D eigenvalue weighted by Gasteiger charge is 2.07. The van der Waals surface area contributed by atoms with Gasteiger partial charge in [0.15, 0.2) is 0 Å². The second-order valence-electron chi connectivity index (χ2n) is 2.79. The summed E-state index contributed by atoms with van der Waals surface area (Å²) in [5, 5.41) is 6.43. The summed E-state index contributed by atoms with van der Waals surface area (Å²) in [6.07, 6.45) is 3.81. The Labute approximate surface area is 81.1 Å². The summed E-state index contributed by atoms with van der Waals surface area (Å²) in [5.41, 5.74) is 2.11. The van der Waals surface area contributed by atoms with Gasteiger partial charge in [0.1, 0.15) is 5.69 Å². The van der Waals surface area contributed by atoms with Gasteiger partial charge in [-0.2, -0.15) is 5.10 Å². The molecule has 0 unspecified atom stereocenters. The summed E-state index contributed by atoms with van der Waals surface area (Å²) in [7, 11) is 1.92. The van der Waals surface area contributed by atoms with Gasteiger partial charge in [0.2, 0.25) is 0 Å². The van der Waals surface area contributed by atoms with Crippen LogP contribution in [0.15, 0.2) is 30.3 Å². The summed E-state index contributed by atoms with van der Waals surface area (Å²) >= 11 is 1.70. The maximum atomic E-state index is 4.38. The number of rotatable bonds is 2. The van der Waals surface area contributed by atoms with E-state index in [4.69, 9.17) is 0 Å². The molecule has 0 radical (unpaired) electrons. The smallest absolute Gasteiger partial charge is 0.109 e. The second kappa shape index (κ2) is 3.18. The van der Waals surface area contributed by atoms with E-state index in [0.717, 1.165) is 11.3 Å². The molecule has 2 aromatic heterocycles. The minimum atomic E-state index is 1.02. The van der Waals surface area contributed by atoms with E-state index in [2.05, 4.69) is 23.1 Å². The van der Waals surface area contributed by atoms with Gasteiger partial charge in [0.25, 0.3) is 0 Å². The molecule has 0 aliphatic heterocycles. The van der Waals surface area contributed by atoms with Gasteiger partial charge in [-0.15, -0.1) is 11.3 Å².